The molecule has 1 atom stereocenters. The van der Waals surface area contributed by atoms with Crippen molar-refractivity contribution >= 4 is 18.2 Å². The number of carbonyl (C=O) groups is 3. The number of carboxylic acids is 1. The zero-order chi connectivity index (χ0) is 22.1. The number of piperidine rings is 1. The van der Waals surface area contributed by atoms with Crippen LogP contribution >= 0.6 is 0 Å². The molecule has 1 aliphatic heterocycles. The number of hydrogen-bond acceptors (Lipinski definition) is 5. The summed E-state index contributed by atoms with van der Waals surface area (Å²) in [5.41, 5.74) is 0.306. The maximum Gasteiger partial charge on any atom is 0.410 e. The SMILES string of the molecule is CC(C)(C)OC(=O)N1CCC(CC[C@H](NC(=O)OCc2ccccc2)C(=O)O)CC1. The number of nitrogens with one attached hydrogen (secondary N) is 1. The number of carboxylic acid groups (broad SMARTS) is 1. The molecule has 2 amide bonds. The van der Waals surface area contributed by atoms with E-state index in [-0.39, 0.29) is 12.7 Å². The van der Waals surface area contributed by atoms with Gasteiger partial charge in [-0.3, -0.25) is 0 Å². The average molecular weight is 421 g/mol. The highest BCUT2D eigenvalue weighted by Gasteiger charge is 2.28. The molecule has 8 heteroatoms. The number of aliphatic carboxylic acids is 1. The van der Waals surface area contributed by atoms with Crippen molar-refractivity contribution in [2.24, 2.45) is 5.92 Å². The maximum absolute atomic E-state index is 12.1. The summed E-state index contributed by atoms with van der Waals surface area (Å²) in [6, 6.07) is 8.19. The van der Waals surface area contributed by atoms with Gasteiger partial charge in [-0.1, -0.05) is 30.3 Å². The number of rotatable bonds is 7. The minimum absolute atomic E-state index is 0.0855. The van der Waals surface area contributed by atoms with Crippen LogP contribution in [-0.2, 0) is 20.9 Å². The summed E-state index contributed by atoms with van der Waals surface area (Å²) in [7, 11) is 0. The first kappa shape index (κ1) is 23.5. The van der Waals surface area contributed by atoms with Crippen LogP contribution in [0, 0.1) is 5.92 Å². The van der Waals surface area contributed by atoms with E-state index in [4.69, 9.17) is 9.47 Å². The van der Waals surface area contributed by atoms with Crippen molar-refractivity contribution in [3.63, 3.8) is 0 Å². The van der Waals surface area contributed by atoms with Crippen molar-refractivity contribution in [1.82, 2.24) is 10.2 Å². The summed E-state index contributed by atoms with van der Waals surface area (Å²) in [5, 5.41) is 11.9. The van der Waals surface area contributed by atoms with E-state index in [1.807, 2.05) is 51.1 Å². The van der Waals surface area contributed by atoms with E-state index in [1.165, 1.54) is 0 Å². The van der Waals surface area contributed by atoms with Crippen molar-refractivity contribution in [2.75, 3.05) is 13.1 Å². The van der Waals surface area contributed by atoms with Gasteiger partial charge in [0, 0.05) is 13.1 Å². The lowest BCUT2D eigenvalue weighted by Crippen LogP contribution is -2.43. The van der Waals surface area contributed by atoms with Gasteiger partial charge in [-0.25, -0.2) is 14.4 Å². The minimum atomic E-state index is -1.09. The Morgan fingerprint density at radius 3 is 2.37 bits per heavy atom. The monoisotopic (exact) mass is 420 g/mol. The molecule has 1 aliphatic rings. The summed E-state index contributed by atoms with van der Waals surface area (Å²) in [5.74, 6) is -0.787. The standard InChI is InChI=1S/C22H32N2O6/c1-22(2,3)30-21(28)24-13-11-16(12-14-24)9-10-18(19(25)26)23-20(27)29-15-17-7-5-4-6-8-17/h4-8,16,18H,9-15H2,1-3H3,(H,23,27)(H,25,26)/t18-/m0/s1. The van der Waals surface area contributed by atoms with Gasteiger partial charge in [0.1, 0.15) is 18.2 Å². The molecular weight excluding hydrogens is 388 g/mol. The van der Waals surface area contributed by atoms with Crippen molar-refractivity contribution in [2.45, 2.75) is 64.7 Å². The van der Waals surface area contributed by atoms with E-state index < -0.39 is 23.7 Å². The number of nitrogens with zero attached hydrogens (tertiary/aromatic N) is 1. The van der Waals surface area contributed by atoms with E-state index in [2.05, 4.69) is 5.32 Å². The van der Waals surface area contributed by atoms with Crippen molar-refractivity contribution in [3.8, 4) is 0 Å². The van der Waals surface area contributed by atoms with Crippen molar-refractivity contribution < 1.29 is 29.0 Å². The number of hydrogen-bond donors (Lipinski definition) is 2. The Bertz CT molecular complexity index is 708. The molecule has 0 saturated carbocycles. The molecule has 166 valence electrons. The molecule has 8 nitrogen and oxygen atoms in total. The second-order valence-corrected chi connectivity index (χ2v) is 8.59. The van der Waals surface area contributed by atoms with Crippen molar-refractivity contribution in [3.05, 3.63) is 35.9 Å². The summed E-state index contributed by atoms with van der Waals surface area (Å²) in [6.45, 7) is 6.76. The van der Waals surface area contributed by atoms with E-state index in [9.17, 15) is 19.5 Å². The average Bonchev–Trinajstić information content (AvgIpc) is 2.69. The fraction of sp³-hybridized carbons (Fsp3) is 0.591. The lowest BCUT2D eigenvalue weighted by atomic mass is 9.90. The third-order valence-corrected chi connectivity index (χ3v) is 4.93. The highest BCUT2D eigenvalue weighted by molar-refractivity contribution is 5.79. The molecule has 2 N–H and O–H groups in total. The normalized spacial score (nSPS) is 15.9. The van der Waals surface area contributed by atoms with Crippen LogP contribution in [0.5, 0.6) is 0 Å². The van der Waals surface area contributed by atoms with Crippen LogP contribution in [0.15, 0.2) is 30.3 Å². The summed E-state index contributed by atoms with van der Waals surface area (Å²) < 4.78 is 10.5. The molecule has 0 unspecified atom stereocenters. The van der Waals surface area contributed by atoms with Gasteiger partial charge in [0.25, 0.3) is 0 Å². The third kappa shape index (κ3) is 8.31. The molecule has 1 aromatic carbocycles. The van der Waals surface area contributed by atoms with Crippen LogP contribution in [0.2, 0.25) is 0 Å². The predicted octanol–water partition coefficient (Wildman–Crippen LogP) is 3.79. The molecule has 2 rings (SSSR count). The van der Waals surface area contributed by atoms with Gasteiger partial charge in [0.05, 0.1) is 0 Å². The van der Waals surface area contributed by atoms with E-state index in [0.717, 1.165) is 18.4 Å². The van der Waals surface area contributed by atoms with Gasteiger partial charge in [-0.05, 0) is 57.9 Å². The Hall–Kier alpha value is -2.77. The number of likely N-dealkylation sites (tertiary alicyclic amines) is 1. The Balaban J connectivity index is 1.72. The van der Waals surface area contributed by atoms with Crippen LogP contribution in [-0.4, -0.2) is 52.9 Å². The van der Waals surface area contributed by atoms with Gasteiger partial charge < -0.3 is 24.8 Å². The molecule has 1 aromatic rings. The molecule has 0 radical (unpaired) electrons. The van der Waals surface area contributed by atoms with Crippen LogP contribution in [0.3, 0.4) is 0 Å². The molecule has 0 aliphatic carbocycles. The molecule has 1 saturated heterocycles. The Kier molecular flexibility index (Phi) is 8.50. The highest BCUT2D eigenvalue weighted by atomic mass is 16.6. The first-order chi connectivity index (χ1) is 14.1. The lowest BCUT2D eigenvalue weighted by molar-refractivity contribution is -0.139. The molecule has 0 aromatic heterocycles. The van der Waals surface area contributed by atoms with E-state index in [0.29, 0.717) is 31.8 Å². The zero-order valence-corrected chi connectivity index (χ0v) is 17.9. The fourth-order valence-corrected chi connectivity index (χ4v) is 3.30. The van der Waals surface area contributed by atoms with Crippen LogP contribution < -0.4 is 5.32 Å². The highest BCUT2D eigenvalue weighted by Crippen LogP contribution is 2.24. The lowest BCUT2D eigenvalue weighted by Gasteiger charge is -2.33. The predicted molar refractivity (Wildman–Crippen MR) is 111 cm³/mol. The van der Waals surface area contributed by atoms with Crippen molar-refractivity contribution in [1.29, 1.82) is 0 Å². The van der Waals surface area contributed by atoms with Gasteiger partial charge in [0.2, 0.25) is 0 Å². The Morgan fingerprint density at radius 1 is 1.17 bits per heavy atom. The number of alkyl carbamates (subject to hydrolysis) is 1. The third-order valence-electron chi connectivity index (χ3n) is 4.93. The molecule has 30 heavy (non-hydrogen) atoms. The Morgan fingerprint density at radius 2 is 1.80 bits per heavy atom. The smallest absolute Gasteiger partial charge is 0.410 e. The van der Waals surface area contributed by atoms with E-state index in [1.54, 1.807) is 4.90 Å². The number of carbonyl (C=O) groups excluding carboxylic acids is 2. The second kappa shape index (κ2) is 10.8. The number of benzene rings is 1. The minimum Gasteiger partial charge on any atom is -0.480 e. The van der Waals surface area contributed by atoms with Crippen LogP contribution in [0.1, 0.15) is 52.0 Å². The van der Waals surface area contributed by atoms with Gasteiger partial charge in [-0.15, -0.1) is 0 Å². The largest absolute Gasteiger partial charge is 0.480 e. The number of amides is 2. The molecular formula is C22H32N2O6. The first-order valence-corrected chi connectivity index (χ1v) is 10.3. The quantitative estimate of drug-likeness (QED) is 0.695. The fourth-order valence-electron chi connectivity index (χ4n) is 3.30. The maximum atomic E-state index is 12.1. The van der Waals surface area contributed by atoms with Crippen LogP contribution in [0.4, 0.5) is 9.59 Å². The summed E-state index contributed by atoms with van der Waals surface area (Å²) in [4.78, 5) is 37.3. The topological polar surface area (TPSA) is 105 Å². The number of ether oxygens (including phenoxy) is 2. The van der Waals surface area contributed by atoms with Gasteiger partial charge in [-0.2, -0.15) is 0 Å². The summed E-state index contributed by atoms with van der Waals surface area (Å²) >= 11 is 0. The second-order valence-electron chi connectivity index (χ2n) is 8.59. The molecule has 0 spiro atoms. The molecule has 1 heterocycles. The Labute approximate surface area is 177 Å². The van der Waals surface area contributed by atoms with Gasteiger partial charge in [0.15, 0.2) is 0 Å². The molecule has 0 bridgehead atoms. The van der Waals surface area contributed by atoms with Crippen LogP contribution in [0.25, 0.3) is 0 Å². The van der Waals surface area contributed by atoms with Gasteiger partial charge >= 0.3 is 18.2 Å². The van der Waals surface area contributed by atoms with E-state index >= 15 is 0 Å². The first-order valence-electron chi connectivity index (χ1n) is 10.3. The molecule has 1 fully saturated rings. The summed E-state index contributed by atoms with van der Waals surface area (Å²) in [6.07, 6.45) is 1.47. The zero-order valence-electron chi connectivity index (χ0n) is 17.9.